The van der Waals surface area contributed by atoms with Gasteiger partial charge in [0.25, 0.3) is 5.91 Å². The number of benzene rings is 1. The van der Waals surface area contributed by atoms with Crippen LogP contribution in [-0.4, -0.2) is 49.3 Å². The van der Waals surface area contributed by atoms with E-state index in [1.54, 1.807) is 0 Å². The molecule has 1 amide bonds. The van der Waals surface area contributed by atoms with Crippen LogP contribution in [0.25, 0.3) is 0 Å². The average molecular weight is 363 g/mol. The summed E-state index contributed by atoms with van der Waals surface area (Å²) in [5, 5.41) is 2.95. The molecule has 0 aliphatic carbocycles. The quantitative estimate of drug-likeness (QED) is 0.603. The molecule has 1 fully saturated rings. The van der Waals surface area contributed by atoms with Gasteiger partial charge in [0.2, 0.25) is 0 Å². The molecule has 1 aromatic carbocycles. The molecule has 1 N–H and O–H groups in total. The largest absolute Gasteiger partial charge is 0.494 e. The van der Waals surface area contributed by atoms with Crippen LogP contribution < -0.4 is 10.1 Å². The van der Waals surface area contributed by atoms with Crippen molar-refractivity contribution in [3.63, 3.8) is 0 Å². The molecule has 0 saturated carbocycles. The van der Waals surface area contributed by atoms with Crippen LogP contribution in [0.15, 0.2) is 24.3 Å². The Hall–Kier alpha value is -1.59. The van der Waals surface area contributed by atoms with Crippen molar-refractivity contribution in [2.45, 2.75) is 58.5 Å². The maximum absolute atomic E-state index is 12.5. The predicted octanol–water partition coefficient (Wildman–Crippen LogP) is 4.09. The van der Waals surface area contributed by atoms with Crippen LogP contribution in [-0.2, 0) is 9.53 Å². The fraction of sp³-hybridized carbons (Fsp3) is 0.667. The first-order valence-electron chi connectivity index (χ1n) is 9.98. The summed E-state index contributed by atoms with van der Waals surface area (Å²) >= 11 is 0. The monoisotopic (exact) mass is 362 g/mol. The van der Waals surface area contributed by atoms with Crippen molar-refractivity contribution in [2.75, 3.05) is 38.2 Å². The molecule has 26 heavy (non-hydrogen) atoms. The van der Waals surface area contributed by atoms with E-state index < -0.39 is 5.60 Å². The lowest BCUT2D eigenvalue weighted by Gasteiger charge is -2.27. The Morgan fingerprint density at radius 1 is 1.15 bits per heavy atom. The van der Waals surface area contributed by atoms with E-state index >= 15 is 0 Å². The summed E-state index contributed by atoms with van der Waals surface area (Å²) in [7, 11) is 0. The highest BCUT2D eigenvalue weighted by atomic mass is 16.5. The van der Waals surface area contributed by atoms with Crippen molar-refractivity contribution >= 4 is 11.6 Å². The summed E-state index contributed by atoms with van der Waals surface area (Å²) in [5.74, 6) is 0.734. The number of anilines is 1. The standard InChI is InChI=1S/C21H34N2O3/c1-4-16-26-21(3,5-2)20(24)22-18-9-11-19(12-10-18)25-17-8-15-23-13-6-7-14-23/h9-12H,4-8,13-17H2,1-3H3,(H,22,24)/t21-/m1/s1. The molecule has 1 atom stereocenters. The number of nitrogens with one attached hydrogen (secondary N) is 1. The Bertz CT molecular complexity index is 541. The van der Waals surface area contributed by atoms with Gasteiger partial charge in [-0.25, -0.2) is 0 Å². The van der Waals surface area contributed by atoms with E-state index in [2.05, 4.69) is 10.2 Å². The molecule has 1 heterocycles. The number of ether oxygens (including phenoxy) is 2. The Labute approximate surface area is 158 Å². The van der Waals surface area contributed by atoms with E-state index in [9.17, 15) is 4.79 Å². The molecule has 1 saturated heterocycles. The average Bonchev–Trinajstić information content (AvgIpc) is 3.18. The zero-order valence-corrected chi connectivity index (χ0v) is 16.6. The number of amides is 1. The third kappa shape index (κ3) is 6.29. The molecule has 0 aromatic heterocycles. The van der Waals surface area contributed by atoms with Gasteiger partial charge in [-0.15, -0.1) is 0 Å². The molecule has 5 heteroatoms. The number of hydrogen-bond donors (Lipinski definition) is 1. The number of rotatable bonds is 11. The smallest absolute Gasteiger partial charge is 0.256 e. The Kier molecular flexibility index (Phi) is 8.39. The summed E-state index contributed by atoms with van der Waals surface area (Å²) in [4.78, 5) is 15.0. The minimum Gasteiger partial charge on any atom is -0.494 e. The molecule has 146 valence electrons. The van der Waals surface area contributed by atoms with Gasteiger partial charge in [0, 0.05) is 18.8 Å². The molecule has 1 aliphatic rings. The first-order chi connectivity index (χ1) is 12.6. The molecule has 1 aromatic rings. The van der Waals surface area contributed by atoms with Crippen molar-refractivity contribution in [3.05, 3.63) is 24.3 Å². The van der Waals surface area contributed by atoms with Crippen molar-refractivity contribution in [2.24, 2.45) is 0 Å². The van der Waals surface area contributed by atoms with Gasteiger partial charge in [-0.3, -0.25) is 4.79 Å². The Morgan fingerprint density at radius 2 is 1.85 bits per heavy atom. The summed E-state index contributed by atoms with van der Waals surface area (Å²) in [6.45, 7) is 10.7. The van der Waals surface area contributed by atoms with Gasteiger partial charge in [-0.1, -0.05) is 13.8 Å². The summed E-state index contributed by atoms with van der Waals surface area (Å²) in [6, 6.07) is 7.57. The van der Waals surface area contributed by atoms with Gasteiger partial charge in [0.05, 0.1) is 6.61 Å². The van der Waals surface area contributed by atoms with Crippen LogP contribution in [0.3, 0.4) is 0 Å². The highest BCUT2D eigenvalue weighted by Crippen LogP contribution is 2.21. The van der Waals surface area contributed by atoms with Crippen LogP contribution in [0.1, 0.15) is 52.9 Å². The normalized spacial score (nSPS) is 17.0. The lowest BCUT2D eigenvalue weighted by molar-refractivity contribution is -0.139. The molecular formula is C21H34N2O3. The maximum atomic E-state index is 12.5. The predicted molar refractivity (Wildman–Crippen MR) is 106 cm³/mol. The lowest BCUT2D eigenvalue weighted by atomic mass is 10.0. The SMILES string of the molecule is CCCO[C@](C)(CC)C(=O)Nc1ccc(OCCCN2CCCC2)cc1. The van der Waals surface area contributed by atoms with Crippen LogP contribution in [0.5, 0.6) is 5.75 Å². The molecule has 0 bridgehead atoms. The summed E-state index contributed by atoms with van der Waals surface area (Å²) in [6.07, 6.45) is 5.23. The molecular weight excluding hydrogens is 328 g/mol. The molecule has 5 nitrogen and oxygen atoms in total. The minimum atomic E-state index is -0.791. The third-order valence-electron chi connectivity index (χ3n) is 4.98. The Balaban J connectivity index is 1.76. The van der Waals surface area contributed by atoms with Gasteiger partial charge in [0.15, 0.2) is 0 Å². The molecule has 0 unspecified atom stereocenters. The fourth-order valence-electron chi connectivity index (χ4n) is 3.04. The zero-order chi connectivity index (χ0) is 18.8. The molecule has 0 spiro atoms. The third-order valence-corrected chi connectivity index (χ3v) is 4.98. The highest BCUT2D eigenvalue weighted by Gasteiger charge is 2.32. The van der Waals surface area contributed by atoms with Crippen molar-refractivity contribution in [1.29, 1.82) is 0 Å². The number of nitrogens with zero attached hydrogens (tertiary/aromatic N) is 1. The summed E-state index contributed by atoms with van der Waals surface area (Å²) in [5.41, 5.74) is -0.0278. The summed E-state index contributed by atoms with van der Waals surface area (Å²) < 4.78 is 11.6. The van der Waals surface area contributed by atoms with E-state index in [0.29, 0.717) is 13.0 Å². The van der Waals surface area contributed by atoms with Gasteiger partial charge < -0.3 is 19.7 Å². The second kappa shape index (κ2) is 10.5. The van der Waals surface area contributed by atoms with E-state index in [1.165, 1.54) is 25.9 Å². The van der Waals surface area contributed by atoms with Crippen molar-refractivity contribution in [1.82, 2.24) is 4.90 Å². The van der Waals surface area contributed by atoms with Crippen LogP contribution in [0, 0.1) is 0 Å². The van der Waals surface area contributed by atoms with Gasteiger partial charge in [-0.2, -0.15) is 0 Å². The zero-order valence-electron chi connectivity index (χ0n) is 16.6. The fourth-order valence-corrected chi connectivity index (χ4v) is 3.04. The van der Waals surface area contributed by atoms with Crippen LogP contribution in [0.2, 0.25) is 0 Å². The topological polar surface area (TPSA) is 50.8 Å². The maximum Gasteiger partial charge on any atom is 0.256 e. The highest BCUT2D eigenvalue weighted by molar-refractivity contribution is 5.97. The molecule has 0 radical (unpaired) electrons. The first-order valence-corrected chi connectivity index (χ1v) is 9.98. The van der Waals surface area contributed by atoms with Gasteiger partial charge in [0.1, 0.15) is 11.4 Å². The van der Waals surface area contributed by atoms with E-state index in [4.69, 9.17) is 9.47 Å². The van der Waals surface area contributed by atoms with Crippen LogP contribution >= 0.6 is 0 Å². The number of carbonyl (C=O) groups is 1. The minimum absolute atomic E-state index is 0.104. The second-order valence-corrected chi connectivity index (χ2v) is 7.16. The molecule has 2 rings (SSSR count). The number of carbonyl (C=O) groups excluding carboxylic acids is 1. The first kappa shape index (κ1) is 20.7. The lowest BCUT2D eigenvalue weighted by Crippen LogP contribution is -2.42. The second-order valence-electron chi connectivity index (χ2n) is 7.16. The van der Waals surface area contributed by atoms with E-state index in [0.717, 1.165) is 37.4 Å². The van der Waals surface area contributed by atoms with Gasteiger partial charge >= 0.3 is 0 Å². The van der Waals surface area contributed by atoms with Crippen molar-refractivity contribution < 1.29 is 14.3 Å². The van der Waals surface area contributed by atoms with E-state index in [1.807, 2.05) is 45.0 Å². The van der Waals surface area contributed by atoms with Gasteiger partial charge in [-0.05, 0) is 76.4 Å². The number of likely N-dealkylation sites (tertiary alicyclic amines) is 1. The van der Waals surface area contributed by atoms with E-state index in [-0.39, 0.29) is 5.91 Å². The molecule has 1 aliphatic heterocycles. The van der Waals surface area contributed by atoms with Crippen molar-refractivity contribution in [3.8, 4) is 5.75 Å². The van der Waals surface area contributed by atoms with Crippen LogP contribution in [0.4, 0.5) is 5.69 Å². The number of hydrogen-bond acceptors (Lipinski definition) is 4. The Morgan fingerprint density at radius 3 is 2.46 bits per heavy atom.